The Morgan fingerprint density at radius 3 is 2.74 bits per heavy atom. The minimum atomic E-state index is -0.938. The summed E-state index contributed by atoms with van der Waals surface area (Å²) < 4.78 is 7.31. The lowest BCUT2D eigenvalue weighted by atomic mass is 10.1. The molecule has 0 aliphatic carbocycles. The second-order valence-electron chi connectivity index (χ2n) is 6.52. The highest BCUT2D eigenvalue weighted by atomic mass is 16.5. The zero-order valence-electron chi connectivity index (χ0n) is 15.2. The molecule has 0 bridgehead atoms. The lowest BCUT2D eigenvalue weighted by molar-refractivity contribution is 0.0696. The van der Waals surface area contributed by atoms with Crippen molar-refractivity contribution in [2.24, 2.45) is 0 Å². The van der Waals surface area contributed by atoms with Gasteiger partial charge in [-0.1, -0.05) is 17.3 Å². The van der Waals surface area contributed by atoms with E-state index >= 15 is 0 Å². The topological polar surface area (TPSA) is 94.0 Å². The third kappa shape index (κ3) is 2.97. The first-order chi connectivity index (χ1) is 12.9. The number of aromatic nitrogens is 4. The van der Waals surface area contributed by atoms with E-state index in [0.717, 1.165) is 39.5 Å². The fourth-order valence-electron chi connectivity index (χ4n) is 3.34. The van der Waals surface area contributed by atoms with Crippen LogP contribution in [0.5, 0.6) is 0 Å². The van der Waals surface area contributed by atoms with Gasteiger partial charge in [-0.25, -0.2) is 14.8 Å². The number of aromatic carboxylic acids is 1. The molecule has 7 nitrogen and oxygen atoms in total. The molecule has 0 saturated heterocycles. The van der Waals surface area contributed by atoms with Gasteiger partial charge >= 0.3 is 5.97 Å². The van der Waals surface area contributed by atoms with Crippen LogP contribution in [0.1, 0.15) is 33.2 Å². The van der Waals surface area contributed by atoms with E-state index in [1.807, 2.05) is 37.5 Å². The summed E-state index contributed by atoms with van der Waals surface area (Å²) in [5, 5.41) is 13.2. The van der Waals surface area contributed by atoms with Crippen LogP contribution in [0.15, 0.2) is 41.1 Å². The molecule has 0 radical (unpaired) electrons. The Kier molecular flexibility index (Phi) is 3.99. The van der Waals surface area contributed by atoms with E-state index < -0.39 is 5.97 Å². The summed E-state index contributed by atoms with van der Waals surface area (Å²) in [6.07, 6.45) is 1.77. The quantitative estimate of drug-likeness (QED) is 0.594. The number of hydrogen-bond donors (Lipinski definition) is 1. The first-order valence-corrected chi connectivity index (χ1v) is 8.52. The van der Waals surface area contributed by atoms with E-state index in [4.69, 9.17) is 4.52 Å². The van der Waals surface area contributed by atoms with Gasteiger partial charge in [0.15, 0.2) is 5.65 Å². The van der Waals surface area contributed by atoms with Crippen LogP contribution >= 0.6 is 0 Å². The summed E-state index contributed by atoms with van der Waals surface area (Å²) in [7, 11) is 0. The standard InChI is InChI=1S/C20H18N4O3/c1-11-18(12(2)27-23-11)16-8-17-19(21-9-16)22-13(3)24(17)10-14-5-4-6-15(7-14)20(25)26/h4-9H,10H2,1-3H3,(H,25,26). The van der Waals surface area contributed by atoms with Crippen LogP contribution in [0.2, 0.25) is 0 Å². The van der Waals surface area contributed by atoms with E-state index in [9.17, 15) is 9.90 Å². The first-order valence-electron chi connectivity index (χ1n) is 8.52. The Morgan fingerprint density at radius 1 is 1.22 bits per heavy atom. The molecule has 4 aromatic rings. The van der Waals surface area contributed by atoms with E-state index in [1.54, 1.807) is 24.4 Å². The van der Waals surface area contributed by atoms with Gasteiger partial charge < -0.3 is 14.2 Å². The SMILES string of the molecule is Cc1noc(C)c1-c1cnc2nc(C)n(Cc3cccc(C(=O)O)c3)c2c1. The predicted molar refractivity (Wildman–Crippen MR) is 99.7 cm³/mol. The molecule has 0 spiro atoms. The largest absolute Gasteiger partial charge is 0.478 e. The lowest BCUT2D eigenvalue weighted by Crippen LogP contribution is -2.04. The number of carboxylic acids is 1. The van der Waals surface area contributed by atoms with Gasteiger partial charge in [-0.3, -0.25) is 0 Å². The highest BCUT2D eigenvalue weighted by molar-refractivity contribution is 5.87. The number of hydrogen-bond acceptors (Lipinski definition) is 5. The zero-order chi connectivity index (χ0) is 19.1. The molecule has 1 N–H and O–H groups in total. The Labute approximate surface area is 155 Å². The molecule has 0 fully saturated rings. The molecular weight excluding hydrogens is 344 g/mol. The van der Waals surface area contributed by atoms with Crippen LogP contribution in [-0.4, -0.2) is 30.8 Å². The van der Waals surface area contributed by atoms with Crippen molar-refractivity contribution in [3.05, 3.63) is 64.9 Å². The summed E-state index contributed by atoms with van der Waals surface area (Å²) >= 11 is 0. The van der Waals surface area contributed by atoms with Crippen LogP contribution in [0.4, 0.5) is 0 Å². The third-order valence-electron chi connectivity index (χ3n) is 4.63. The number of nitrogens with zero attached hydrogens (tertiary/aromatic N) is 4. The Hall–Kier alpha value is -3.48. The maximum atomic E-state index is 11.2. The van der Waals surface area contributed by atoms with Crippen molar-refractivity contribution in [3.8, 4) is 11.1 Å². The van der Waals surface area contributed by atoms with Crippen LogP contribution in [0.3, 0.4) is 0 Å². The van der Waals surface area contributed by atoms with Crippen molar-refractivity contribution in [3.63, 3.8) is 0 Å². The average molecular weight is 362 g/mol. The van der Waals surface area contributed by atoms with Crippen molar-refractivity contribution >= 4 is 17.1 Å². The predicted octanol–water partition coefficient (Wildman–Crippen LogP) is 3.76. The summed E-state index contributed by atoms with van der Waals surface area (Å²) in [5.74, 6) is 0.617. The van der Waals surface area contributed by atoms with E-state index in [1.165, 1.54) is 0 Å². The minimum absolute atomic E-state index is 0.268. The summed E-state index contributed by atoms with van der Waals surface area (Å²) in [4.78, 5) is 20.3. The Bertz CT molecular complexity index is 1150. The molecular formula is C20H18N4O3. The number of rotatable bonds is 4. The maximum Gasteiger partial charge on any atom is 0.335 e. The third-order valence-corrected chi connectivity index (χ3v) is 4.63. The number of carbonyl (C=O) groups is 1. The molecule has 27 heavy (non-hydrogen) atoms. The summed E-state index contributed by atoms with van der Waals surface area (Å²) in [6, 6.07) is 8.95. The van der Waals surface area contributed by atoms with E-state index in [2.05, 4.69) is 15.1 Å². The van der Waals surface area contributed by atoms with Crippen LogP contribution in [0.25, 0.3) is 22.3 Å². The van der Waals surface area contributed by atoms with Crippen LogP contribution in [-0.2, 0) is 6.54 Å². The molecule has 0 amide bonds. The van der Waals surface area contributed by atoms with Gasteiger partial charge in [-0.15, -0.1) is 0 Å². The number of pyridine rings is 1. The Balaban J connectivity index is 1.81. The second-order valence-corrected chi connectivity index (χ2v) is 6.52. The lowest BCUT2D eigenvalue weighted by Gasteiger charge is -2.08. The summed E-state index contributed by atoms with van der Waals surface area (Å²) in [5.41, 5.74) is 5.35. The number of aryl methyl sites for hydroxylation is 3. The summed E-state index contributed by atoms with van der Waals surface area (Å²) in [6.45, 7) is 6.20. The fourth-order valence-corrected chi connectivity index (χ4v) is 3.34. The molecule has 1 aromatic carbocycles. The number of benzene rings is 1. The smallest absolute Gasteiger partial charge is 0.335 e. The fraction of sp³-hybridized carbons (Fsp3) is 0.200. The molecule has 3 aromatic heterocycles. The average Bonchev–Trinajstić information content (AvgIpc) is 3.14. The highest BCUT2D eigenvalue weighted by Gasteiger charge is 2.16. The van der Waals surface area contributed by atoms with Crippen molar-refractivity contribution in [1.82, 2.24) is 19.7 Å². The van der Waals surface area contributed by atoms with Crippen LogP contribution in [0, 0.1) is 20.8 Å². The minimum Gasteiger partial charge on any atom is -0.478 e. The molecule has 0 aliphatic heterocycles. The van der Waals surface area contributed by atoms with Crippen molar-refractivity contribution < 1.29 is 14.4 Å². The highest BCUT2D eigenvalue weighted by Crippen LogP contribution is 2.29. The molecule has 0 unspecified atom stereocenters. The molecule has 3 heterocycles. The van der Waals surface area contributed by atoms with Gasteiger partial charge in [0.05, 0.1) is 16.8 Å². The van der Waals surface area contributed by atoms with Gasteiger partial charge in [-0.2, -0.15) is 0 Å². The number of imidazole rings is 1. The maximum absolute atomic E-state index is 11.2. The normalized spacial score (nSPS) is 11.2. The molecule has 4 rings (SSSR count). The van der Waals surface area contributed by atoms with Gasteiger partial charge in [0, 0.05) is 23.9 Å². The molecule has 7 heteroatoms. The van der Waals surface area contributed by atoms with Gasteiger partial charge in [0.25, 0.3) is 0 Å². The van der Waals surface area contributed by atoms with Crippen molar-refractivity contribution in [2.45, 2.75) is 27.3 Å². The zero-order valence-corrected chi connectivity index (χ0v) is 15.2. The van der Waals surface area contributed by atoms with Gasteiger partial charge in [-0.05, 0) is 44.5 Å². The number of carboxylic acid groups (broad SMARTS) is 1. The van der Waals surface area contributed by atoms with E-state index in [0.29, 0.717) is 12.2 Å². The van der Waals surface area contributed by atoms with Crippen molar-refractivity contribution in [1.29, 1.82) is 0 Å². The molecule has 0 atom stereocenters. The van der Waals surface area contributed by atoms with E-state index in [-0.39, 0.29) is 5.56 Å². The monoisotopic (exact) mass is 362 g/mol. The number of fused-ring (bicyclic) bond motifs is 1. The van der Waals surface area contributed by atoms with Gasteiger partial charge in [0.2, 0.25) is 0 Å². The van der Waals surface area contributed by atoms with Crippen molar-refractivity contribution in [2.75, 3.05) is 0 Å². The Morgan fingerprint density at radius 2 is 2.04 bits per heavy atom. The first kappa shape index (κ1) is 17.0. The second kappa shape index (κ2) is 6.35. The van der Waals surface area contributed by atoms with Gasteiger partial charge in [0.1, 0.15) is 11.6 Å². The molecule has 0 aliphatic rings. The van der Waals surface area contributed by atoms with Crippen LogP contribution < -0.4 is 0 Å². The molecule has 136 valence electrons. The molecule has 0 saturated carbocycles.